The molecule has 6 heteroatoms. The SMILES string of the molecule is CC(=O)c1ccc(NS(=O)(=O)C(C)C)cc1Cl. The van der Waals surface area contributed by atoms with Crippen molar-refractivity contribution in [3.05, 3.63) is 28.8 Å². The van der Waals surface area contributed by atoms with Crippen LogP contribution in [-0.2, 0) is 10.0 Å². The Morgan fingerprint density at radius 1 is 1.35 bits per heavy atom. The van der Waals surface area contributed by atoms with Crippen molar-refractivity contribution in [2.75, 3.05) is 4.72 Å². The molecule has 0 fully saturated rings. The maximum atomic E-state index is 11.6. The number of hydrogen-bond acceptors (Lipinski definition) is 3. The fourth-order valence-electron chi connectivity index (χ4n) is 1.15. The molecule has 0 amide bonds. The molecule has 0 saturated heterocycles. The normalized spacial score (nSPS) is 11.6. The van der Waals surface area contributed by atoms with Crippen LogP contribution in [0.1, 0.15) is 31.1 Å². The van der Waals surface area contributed by atoms with E-state index >= 15 is 0 Å². The molecule has 0 aliphatic carbocycles. The molecule has 0 aromatic heterocycles. The number of Topliss-reactive ketones (excluding diaryl/α,β-unsaturated/α-hetero) is 1. The lowest BCUT2D eigenvalue weighted by Gasteiger charge is -2.11. The third-order valence-corrected chi connectivity index (χ3v) is 4.30. The molecule has 1 rings (SSSR count). The molecule has 0 heterocycles. The predicted octanol–water partition coefficient (Wildman–Crippen LogP) is 2.69. The average Bonchev–Trinajstić information content (AvgIpc) is 2.15. The van der Waals surface area contributed by atoms with Crippen molar-refractivity contribution in [1.82, 2.24) is 0 Å². The Hall–Kier alpha value is -1.07. The first-order chi connectivity index (χ1) is 7.74. The molecule has 1 aromatic carbocycles. The second kappa shape index (κ2) is 5.06. The molecule has 94 valence electrons. The fourth-order valence-corrected chi connectivity index (χ4v) is 2.15. The number of benzene rings is 1. The van der Waals surface area contributed by atoms with Crippen molar-refractivity contribution >= 4 is 33.1 Å². The third kappa shape index (κ3) is 3.44. The van der Waals surface area contributed by atoms with Crippen LogP contribution in [-0.4, -0.2) is 19.5 Å². The lowest BCUT2D eigenvalue weighted by molar-refractivity contribution is 0.101. The monoisotopic (exact) mass is 275 g/mol. The van der Waals surface area contributed by atoms with Crippen LogP contribution in [0.15, 0.2) is 18.2 Å². The summed E-state index contributed by atoms with van der Waals surface area (Å²) in [6.45, 7) is 4.56. The molecule has 1 N–H and O–H groups in total. The third-order valence-electron chi connectivity index (χ3n) is 2.23. The summed E-state index contributed by atoms with van der Waals surface area (Å²) in [5.74, 6) is -0.159. The van der Waals surface area contributed by atoms with Crippen molar-refractivity contribution in [2.24, 2.45) is 0 Å². The van der Waals surface area contributed by atoms with E-state index in [-0.39, 0.29) is 10.8 Å². The quantitative estimate of drug-likeness (QED) is 0.860. The summed E-state index contributed by atoms with van der Waals surface area (Å²) >= 11 is 5.88. The Kier molecular flexibility index (Phi) is 4.16. The Balaban J connectivity index is 3.04. The van der Waals surface area contributed by atoms with Gasteiger partial charge < -0.3 is 0 Å². The first-order valence-electron chi connectivity index (χ1n) is 5.06. The molecular weight excluding hydrogens is 262 g/mol. The van der Waals surface area contributed by atoms with Gasteiger partial charge in [0.1, 0.15) is 0 Å². The summed E-state index contributed by atoms with van der Waals surface area (Å²) in [7, 11) is -3.39. The maximum Gasteiger partial charge on any atom is 0.235 e. The fraction of sp³-hybridized carbons (Fsp3) is 0.364. The Labute approximate surface area is 106 Å². The van der Waals surface area contributed by atoms with E-state index in [0.29, 0.717) is 11.3 Å². The van der Waals surface area contributed by atoms with Crippen LogP contribution in [0, 0.1) is 0 Å². The lowest BCUT2D eigenvalue weighted by Crippen LogP contribution is -2.22. The summed E-state index contributed by atoms with van der Waals surface area (Å²) < 4.78 is 25.6. The minimum absolute atomic E-state index is 0.159. The molecule has 0 atom stereocenters. The van der Waals surface area contributed by atoms with Crippen LogP contribution in [0.4, 0.5) is 5.69 Å². The van der Waals surface area contributed by atoms with Gasteiger partial charge in [-0.15, -0.1) is 0 Å². The summed E-state index contributed by atoms with van der Waals surface area (Å²) in [6.07, 6.45) is 0. The van der Waals surface area contributed by atoms with Crippen LogP contribution >= 0.6 is 11.6 Å². The van der Waals surface area contributed by atoms with Crippen molar-refractivity contribution < 1.29 is 13.2 Å². The highest BCUT2D eigenvalue weighted by Gasteiger charge is 2.16. The first kappa shape index (κ1) is 14.0. The number of nitrogens with one attached hydrogen (secondary N) is 1. The number of anilines is 1. The molecule has 0 aliphatic rings. The van der Waals surface area contributed by atoms with Crippen LogP contribution in [0.3, 0.4) is 0 Å². The standard InChI is InChI=1S/C11H14ClNO3S/c1-7(2)17(15,16)13-9-4-5-10(8(3)14)11(12)6-9/h4-7,13H,1-3H3. The van der Waals surface area contributed by atoms with Gasteiger partial charge in [-0.1, -0.05) is 11.6 Å². The largest absolute Gasteiger partial charge is 0.294 e. The van der Waals surface area contributed by atoms with Crippen molar-refractivity contribution in [3.8, 4) is 0 Å². The summed E-state index contributed by atoms with van der Waals surface area (Å²) in [6, 6.07) is 4.45. The zero-order valence-corrected chi connectivity index (χ0v) is 11.4. The molecule has 0 saturated carbocycles. The van der Waals surface area contributed by atoms with Gasteiger partial charge in [-0.2, -0.15) is 0 Å². The maximum absolute atomic E-state index is 11.6. The van der Waals surface area contributed by atoms with Crippen LogP contribution in [0.25, 0.3) is 0 Å². The van der Waals surface area contributed by atoms with Gasteiger partial charge in [0.2, 0.25) is 10.0 Å². The summed E-state index contributed by atoms with van der Waals surface area (Å²) in [5.41, 5.74) is 0.730. The highest BCUT2D eigenvalue weighted by molar-refractivity contribution is 7.93. The van der Waals surface area contributed by atoms with Gasteiger partial charge in [0, 0.05) is 5.56 Å². The van der Waals surface area contributed by atoms with Gasteiger partial charge in [0.15, 0.2) is 5.78 Å². The van der Waals surface area contributed by atoms with E-state index in [1.54, 1.807) is 13.8 Å². The molecule has 1 aromatic rings. The number of carbonyl (C=O) groups excluding carboxylic acids is 1. The zero-order valence-electron chi connectivity index (χ0n) is 9.82. The van der Waals surface area contributed by atoms with Crippen LogP contribution in [0.5, 0.6) is 0 Å². The number of hydrogen-bond donors (Lipinski definition) is 1. The number of ketones is 1. The van der Waals surface area contributed by atoms with E-state index in [4.69, 9.17) is 11.6 Å². The lowest BCUT2D eigenvalue weighted by atomic mass is 10.1. The van der Waals surface area contributed by atoms with Crippen molar-refractivity contribution in [2.45, 2.75) is 26.0 Å². The molecule has 0 spiro atoms. The predicted molar refractivity (Wildman–Crippen MR) is 69.1 cm³/mol. The number of rotatable bonds is 4. The number of halogens is 1. The Bertz CT molecular complexity index is 538. The summed E-state index contributed by atoms with van der Waals surface area (Å²) in [4.78, 5) is 11.1. The Morgan fingerprint density at radius 3 is 2.35 bits per heavy atom. The minimum atomic E-state index is -3.39. The van der Waals surface area contributed by atoms with Crippen LogP contribution in [0.2, 0.25) is 5.02 Å². The molecular formula is C11H14ClNO3S. The number of carbonyl (C=O) groups is 1. The highest BCUT2D eigenvalue weighted by atomic mass is 35.5. The molecule has 4 nitrogen and oxygen atoms in total. The van der Waals surface area contributed by atoms with E-state index in [0.717, 1.165) is 0 Å². The molecule has 0 unspecified atom stereocenters. The topological polar surface area (TPSA) is 63.2 Å². The van der Waals surface area contributed by atoms with Crippen molar-refractivity contribution in [1.29, 1.82) is 0 Å². The van der Waals surface area contributed by atoms with E-state index < -0.39 is 15.3 Å². The molecule has 0 aliphatic heterocycles. The van der Waals surface area contributed by atoms with Gasteiger partial charge >= 0.3 is 0 Å². The van der Waals surface area contributed by atoms with E-state index in [2.05, 4.69) is 4.72 Å². The smallest absolute Gasteiger partial charge is 0.235 e. The highest BCUT2D eigenvalue weighted by Crippen LogP contribution is 2.22. The second-order valence-corrected chi connectivity index (χ2v) is 6.59. The van der Waals surface area contributed by atoms with Crippen molar-refractivity contribution in [3.63, 3.8) is 0 Å². The minimum Gasteiger partial charge on any atom is -0.294 e. The van der Waals surface area contributed by atoms with Gasteiger partial charge in [0.25, 0.3) is 0 Å². The van der Waals surface area contributed by atoms with E-state index in [9.17, 15) is 13.2 Å². The molecule has 0 radical (unpaired) electrons. The van der Waals surface area contributed by atoms with Crippen LogP contribution < -0.4 is 4.72 Å². The van der Waals surface area contributed by atoms with Gasteiger partial charge in [-0.25, -0.2) is 8.42 Å². The number of sulfonamides is 1. The van der Waals surface area contributed by atoms with Gasteiger partial charge in [-0.05, 0) is 39.0 Å². The zero-order chi connectivity index (χ0) is 13.2. The molecule has 17 heavy (non-hydrogen) atoms. The first-order valence-corrected chi connectivity index (χ1v) is 6.98. The van der Waals surface area contributed by atoms with E-state index in [1.807, 2.05) is 0 Å². The van der Waals surface area contributed by atoms with Gasteiger partial charge in [0.05, 0.1) is 16.0 Å². The molecule has 0 bridgehead atoms. The second-order valence-electron chi connectivity index (χ2n) is 3.95. The van der Waals surface area contributed by atoms with E-state index in [1.165, 1.54) is 25.1 Å². The average molecular weight is 276 g/mol. The summed E-state index contributed by atoms with van der Waals surface area (Å²) in [5, 5.41) is -0.296. The Morgan fingerprint density at radius 2 is 1.94 bits per heavy atom. The van der Waals surface area contributed by atoms with Gasteiger partial charge in [-0.3, -0.25) is 9.52 Å².